The zero-order valence-corrected chi connectivity index (χ0v) is 11.1. The summed E-state index contributed by atoms with van der Waals surface area (Å²) in [6.45, 7) is 2.62. The molecule has 0 saturated carbocycles. The Kier molecular flexibility index (Phi) is 7.79. The molecule has 96 valence electrons. The smallest absolute Gasteiger partial charge is 0.111 e. The third-order valence-corrected chi connectivity index (χ3v) is 2.25. The number of hydrogen-bond acceptors (Lipinski definition) is 4. The van der Waals surface area contributed by atoms with Crippen molar-refractivity contribution >= 4 is 15.9 Å². The van der Waals surface area contributed by atoms with E-state index in [1.165, 1.54) is 6.07 Å². The molecule has 0 aliphatic carbocycles. The highest BCUT2D eigenvalue weighted by Gasteiger charge is 1.94. The molecule has 4 nitrogen and oxygen atoms in total. The maximum atomic E-state index is 11.3. The second-order valence-corrected chi connectivity index (χ2v) is 4.00. The van der Waals surface area contributed by atoms with Crippen molar-refractivity contribution in [1.82, 2.24) is 0 Å². The zero-order chi connectivity index (χ0) is 12.3. The van der Waals surface area contributed by atoms with Crippen molar-refractivity contribution in [2.45, 2.75) is 0 Å². The fourth-order valence-electron chi connectivity index (χ4n) is 1.16. The predicted molar refractivity (Wildman–Crippen MR) is 66.8 cm³/mol. The molecule has 0 heterocycles. The van der Waals surface area contributed by atoms with Gasteiger partial charge in [0.25, 0.3) is 0 Å². The van der Waals surface area contributed by atoms with Gasteiger partial charge in [-0.15, -0.1) is 0 Å². The molecule has 0 amide bonds. The summed E-state index contributed by atoms with van der Waals surface area (Å²) >= 11 is 3.26. The van der Waals surface area contributed by atoms with E-state index in [0.29, 0.717) is 38.8 Å². The zero-order valence-electron chi connectivity index (χ0n) is 9.56. The predicted octanol–water partition coefficient (Wildman–Crippen LogP) is 1.57. The SMILES string of the molecule is [O-]c1ccccc1OCCOCCOCCBr. The van der Waals surface area contributed by atoms with Crippen LogP contribution in [0.5, 0.6) is 11.5 Å². The van der Waals surface area contributed by atoms with Crippen molar-refractivity contribution in [3.05, 3.63) is 24.3 Å². The van der Waals surface area contributed by atoms with Gasteiger partial charge in [0.05, 0.1) is 26.4 Å². The van der Waals surface area contributed by atoms with Crippen molar-refractivity contribution in [2.24, 2.45) is 0 Å². The van der Waals surface area contributed by atoms with E-state index in [0.717, 1.165) is 5.33 Å². The van der Waals surface area contributed by atoms with Gasteiger partial charge in [-0.2, -0.15) is 0 Å². The Morgan fingerprint density at radius 2 is 1.59 bits per heavy atom. The minimum absolute atomic E-state index is 0.104. The minimum atomic E-state index is -0.104. The Balaban J connectivity index is 1.99. The van der Waals surface area contributed by atoms with E-state index in [9.17, 15) is 5.11 Å². The van der Waals surface area contributed by atoms with Crippen LogP contribution in [0.4, 0.5) is 0 Å². The van der Waals surface area contributed by atoms with Crippen LogP contribution >= 0.6 is 15.9 Å². The van der Waals surface area contributed by atoms with Crippen molar-refractivity contribution < 1.29 is 19.3 Å². The van der Waals surface area contributed by atoms with Gasteiger partial charge in [0, 0.05) is 5.33 Å². The summed E-state index contributed by atoms with van der Waals surface area (Å²) in [6, 6.07) is 6.59. The minimum Gasteiger partial charge on any atom is -0.870 e. The van der Waals surface area contributed by atoms with Crippen molar-refractivity contribution in [1.29, 1.82) is 0 Å². The lowest BCUT2D eigenvalue weighted by Gasteiger charge is -2.13. The molecule has 0 radical (unpaired) electrons. The summed E-state index contributed by atoms with van der Waals surface area (Å²) in [5.41, 5.74) is 0. The fourth-order valence-corrected chi connectivity index (χ4v) is 1.39. The van der Waals surface area contributed by atoms with Crippen LogP contribution in [0, 0.1) is 0 Å². The van der Waals surface area contributed by atoms with Crippen molar-refractivity contribution in [3.63, 3.8) is 0 Å². The highest BCUT2D eigenvalue weighted by Crippen LogP contribution is 2.20. The summed E-state index contributed by atoms with van der Waals surface area (Å²) < 4.78 is 15.8. The van der Waals surface area contributed by atoms with E-state index in [2.05, 4.69) is 15.9 Å². The first-order valence-corrected chi connectivity index (χ1v) is 6.57. The van der Waals surface area contributed by atoms with E-state index < -0.39 is 0 Å². The number of hydrogen-bond donors (Lipinski definition) is 0. The van der Waals surface area contributed by atoms with E-state index >= 15 is 0 Å². The molecule has 0 atom stereocenters. The van der Waals surface area contributed by atoms with Crippen LogP contribution in [0.1, 0.15) is 0 Å². The average molecular weight is 304 g/mol. The van der Waals surface area contributed by atoms with Crippen LogP contribution in [0.15, 0.2) is 24.3 Å². The highest BCUT2D eigenvalue weighted by atomic mass is 79.9. The van der Waals surface area contributed by atoms with Gasteiger partial charge in [-0.1, -0.05) is 39.9 Å². The van der Waals surface area contributed by atoms with Gasteiger partial charge in [-0.05, 0) is 6.07 Å². The molecule has 0 spiro atoms. The second-order valence-electron chi connectivity index (χ2n) is 3.21. The number of benzene rings is 1. The molecule has 1 rings (SSSR count). The first-order chi connectivity index (χ1) is 8.34. The lowest BCUT2D eigenvalue weighted by molar-refractivity contribution is -0.270. The first-order valence-electron chi connectivity index (χ1n) is 5.45. The van der Waals surface area contributed by atoms with Crippen LogP contribution in [0.2, 0.25) is 0 Å². The van der Waals surface area contributed by atoms with Gasteiger partial charge in [0.1, 0.15) is 12.4 Å². The summed E-state index contributed by atoms with van der Waals surface area (Å²) in [5.74, 6) is 0.264. The van der Waals surface area contributed by atoms with Gasteiger partial charge in [-0.25, -0.2) is 0 Å². The van der Waals surface area contributed by atoms with E-state index in [-0.39, 0.29) is 5.75 Å². The molecule has 1 aromatic carbocycles. The molecule has 0 N–H and O–H groups in total. The molecule has 0 bridgehead atoms. The highest BCUT2D eigenvalue weighted by molar-refractivity contribution is 9.09. The lowest BCUT2D eigenvalue weighted by Crippen LogP contribution is -2.12. The number of alkyl halides is 1. The van der Waals surface area contributed by atoms with Gasteiger partial charge >= 0.3 is 0 Å². The van der Waals surface area contributed by atoms with Gasteiger partial charge in [-0.3, -0.25) is 0 Å². The third kappa shape index (κ3) is 6.51. The van der Waals surface area contributed by atoms with E-state index in [1.54, 1.807) is 18.2 Å². The van der Waals surface area contributed by atoms with Crippen LogP contribution in [-0.2, 0) is 9.47 Å². The number of ether oxygens (including phenoxy) is 3. The Morgan fingerprint density at radius 1 is 0.941 bits per heavy atom. The number of halogens is 1. The normalized spacial score (nSPS) is 10.4. The molecule has 0 aliphatic rings. The Hall–Kier alpha value is -0.780. The second kappa shape index (κ2) is 9.27. The van der Waals surface area contributed by atoms with E-state index in [4.69, 9.17) is 14.2 Å². The third-order valence-electron chi connectivity index (χ3n) is 1.93. The summed E-state index contributed by atoms with van der Waals surface area (Å²) in [7, 11) is 0. The fraction of sp³-hybridized carbons (Fsp3) is 0.500. The quantitative estimate of drug-likeness (QED) is 0.513. The molecule has 0 unspecified atom stereocenters. The molecular formula is C12H16BrO4-. The number of para-hydroxylation sites is 2. The molecule has 17 heavy (non-hydrogen) atoms. The summed E-state index contributed by atoms with van der Waals surface area (Å²) in [6.07, 6.45) is 0. The standard InChI is InChI=1S/C12H17BrO4/c13-5-6-15-7-8-16-9-10-17-12-4-2-1-3-11(12)14/h1-4,14H,5-10H2/p-1. The number of rotatable bonds is 9. The summed E-state index contributed by atoms with van der Waals surface area (Å²) in [4.78, 5) is 0. The maximum Gasteiger partial charge on any atom is 0.111 e. The first kappa shape index (κ1) is 14.3. The lowest BCUT2D eigenvalue weighted by atomic mass is 10.3. The monoisotopic (exact) mass is 303 g/mol. The Labute approximate surface area is 110 Å². The van der Waals surface area contributed by atoms with Crippen LogP contribution in [0.3, 0.4) is 0 Å². The van der Waals surface area contributed by atoms with Crippen molar-refractivity contribution in [2.75, 3.05) is 38.4 Å². The molecule has 0 aliphatic heterocycles. The molecule has 5 heteroatoms. The van der Waals surface area contributed by atoms with Crippen molar-refractivity contribution in [3.8, 4) is 11.5 Å². The van der Waals surface area contributed by atoms with Crippen LogP contribution < -0.4 is 9.84 Å². The molecular weight excluding hydrogens is 288 g/mol. The van der Waals surface area contributed by atoms with Gasteiger partial charge in [0.15, 0.2) is 0 Å². The largest absolute Gasteiger partial charge is 0.870 e. The maximum absolute atomic E-state index is 11.3. The molecule has 0 saturated heterocycles. The van der Waals surface area contributed by atoms with E-state index in [1.807, 2.05) is 0 Å². The summed E-state index contributed by atoms with van der Waals surface area (Å²) in [5, 5.41) is 12.1. The Bertz CT molecular complexity index is 306. The molecule has 0 fully saturated rings. The molecule has 1 aromatic rings. The van der Waals surface area contributed by atoms with Crippen LogP contribution in [-0.4, -0.2) is 38.4 Å². The Morgan fingerprint density at radius 3 is 2.29 bits per heavy atom. The van der Waals surface area contributed by atoms with Crippen LogP contribution in [0.25, 0.3) is 0 Å². The van der Waals surface area contributed by atoms with Gasteiger partial charge in [0.2, 0.25) is 0 Å². The molecule has 0 aromatic heterocycles. The average Bonchev–Trinajstić information content (AvgIpc) is 2.35. The van der Waals surface area contributed by atoms with Gasteiger partial charge < -0.3 is 19.3 Å². The topological polar surface area (TPSA) is 50.8 Å².